The molecule has 0 amide bonds. The minimum atomic E-state index is -2.35. The Hall–Kier alpha value is -0.640. The summed E-state index contributed by atoms with van der Waals surface area (Å²) in [5, 5.41) is 109. The lowest BCUT2D eigenvalue weighted by atomic mass is 9.99. The molecule has 0 aromatic rings. The normalized spacial score (nSPS) is 50.6. The van der Waals surface area contributed by atoms with E-state index in [-0.39, 0.29) is 0 Å². The van der Waals surface area contributed by atoms with Crippen LogP contribution in [-0.4, -0.2) is 168 Å². The molecular weight excluding hydrogens is 472 g/mol. The fourth-order valence-corrected chi connectivity index (χ4v) is 4.04. The van der Waals surface area contributed by atoms with Gasteiger partial charge >= 0.3 is 0 Å². The van der Waals surface area contributed by atoms with Crippen LogP contribution < -0.4 is 0 Å². The monoisotopic (exact) mass is 504 g/mol. The maximum Gasteiger partial charge on any atom is 0.224 e. The first-order valence-corrected chi connectivity index (χ1v) is 10.6. The smallest absolute Gasteiger partial charge is 0.224 e. The highest BCUT2D eigenvalue weighted by Gasteiger charge is 2.58. The van der Waals surface area contributed by atoms with Gasteiger partial charge in [-0.2, -0.15) is 0 Å². The predicted octanol–water partition coefficient (Wildman–Crippen LogP) is -7.57. The van der Waals surface area contributed by atoms with Crippen molar-refractivity contribution in [2.75, 3.05) is 26.4 Å². The van der Waals surface area contributed by atoms with E-state index in [1.807, 2.05) is 0 Å². The van der Waals surface area contributed by atoms with Gasteiger partial charge in [-0.25, -0.2) is 0 Å². The molecule has 200 valence electrons. The molecule has 0 unspecified atom stereocenters. The van der Waals surface area contributed by atoms with E-state index in [9.17, 15) is 51.1 Å². The molecule has 3 fully saturated rings. The van der Waals surface area contributed by atoms with Gasteiger partial charge in [-0.3, -0.25) is 0 Å². The molecular formula is C18H32O16. The van der Waals surface area contributed by atoms with E-state index in [1.54, 1.807) is 0 Å². The zero-order valence-corrected chi connectivity index (χ0v) is 17.8. The summed E-state index contributed by atoms with van der Waals surface area (Å²) >= 11 is 0. The van der Waals surface area contributed by atoms with E-state index in [2.05, 4.69) is 0 Å². The van der Waals surface area contributed by atoms with Gasteiger partial charge in [0.15, 0.2) is 12.6 Å². The quantitative estimate of drug-likeness (QED) is 0.139. The Morgan fingerprint density at radius 1 is 0.735 bits per heavy atom. The molecule has 0 bridgehead atoms. The molecule has 0 spiro atoms. The topological polar surface area (TPSA) is 269 Å². The number of hydrogen-bond acceptors (Lipinski definition) is 16. The van der Waals surface area contributed by atoms with Gasteiger partial charge in [0.1, 0.15) is 73.8 Å². The highest BCUT2D eigenvalue weighted by molar-refractivity contribution is 4.98. The van der Waals surface area contributed by atoms with Gasteiger partial charge in [0.05, 0.1) is 19.8 Å². The Morgan fingerprint density at radius 2 is 1.38 bits per heavy atom. The van der Waals surface area contributed by atoms with Crippen LogP contribution in [0.1, 0.15) is 0 Å². The number of aliphatic hydroxyl groups is 11. The number of ether oxygens (including phenoxy) is 5. The van der Waals surface area contributed by atoms with Crippen LogP contribution in [0, 0.1) is 0 Å². The van der Waals surface area contributed by atoms with Crippen molar-refractivity contribution in [2.24, 2.45) is 0 Å². The van der Waals surface area contributed by atoms with E-state index in [0.717, 1.165) is 0 Å². The van der Waals surface area contributed by atoms with Crippen molar-refractivity contribution in [3.63, 3.8) is 0 Å². The molecule has 3 aliphatic rings. The summed E-state index contributed by atoms with van der Waals surface area (Å²) in [6.07, 6.45) is -21.4. The molecule has 14 atom stereocenters. The van der Waals surface area contributed by atoms with E-state index in [0.29, 0.717) is 0 Å². The third-order valence-electron chi connectivity index (χ3n) is 6.14. The van der Waals surface area contributed by atoms with Gasteiger partial charge < -0.3 is 79.9 Å². The Bertz CT molecular complexity index is 655. The van der Waals surface area contributed by atoms with Crippen molar-refractivity contribution >= 4 is 0 Å². The summed E-state index contributed by atoms with van der Waals surface area (Å²) in [5.41, 5.74) is 0. The maximum absolute atomic E-state index is 10.3. The fraction of sp³-hybridized carbons (Fsp3) is 1.00. The summed E-state index contributed by atoms with van der Waals surface area (Å²) in [7, 11) is 0. The van der Waals surface area contributed by atoms with Crippen molar-refractivity contribution in [3.8, 4) is 0 Å². The zero-order chi connectivity index (χ0) is 25.4. The SMILES string of the molecule is OC[C@H](O)[C@H]1O[C@@H](OC[C@H]2O[C@H](O[C@]3(CO)O[C@H](CO)[C@@H](O)[C@@H]3O)[C@H](O)[C@@H](O)[C@@H]2O)[C@H](O)[C@H]1O. The lowest BCUT2D eigenvalue weighted by Gasteiger charge is -2.43. The van der Waals surface area contributed by atoms with Crippen molar-refractivity contribution in [2.45, 2.75) is 85.5 Å². The van der Waals surface area contributed by atoms with Crippen LogP contribution in [0.3, 0.4) is 0 Å². The van der Waals surface area contributed by atoms with Gasteiger partial charge in [0.25, 0.3) is 0 Å². The van der Waals surface area contributed by atoms with E-state index in [1.165, 1.54) is 0 Å². The lowest BCUT2D eigenvalue weighted by molar-refractivity contribution is -0.386. The standard InChI is InChI=1S/C18H32O16/c19-1-5(22)14-11(26)13(28)16(32-14)30-3-7-8(23)10(25)12(27)17(31-7)34-18(4-21)15(29)9(24)6(2-20)33-18/h5-17,19-29H,1-4H2/t5-,6+,7+,8+,9+,10-,11+,12+,13+,14+,15-,16+,17+,18-/m0/s1. The van der Waals surface area contributed by atoms with Crippen LogP contribution >= 0.6 is 0 Å². The minimum absolute atomic E-state index is 0.612. The molecule has 11 N–H and O–H groups in total. The molecule has 16 nitrogen and oxygen atoms in total. The van der Waals surface area contributed by atoms with Crippen LogP contribution in [0.25, 0.3) is 0 Å². The Morgan fingerprint density at radius 3 is 1.94 bits per heavy atom. The second-order valence-electron chi connectivity index (χ2n) is 8.41. The molecule has 3 saturated heterocycles. The Kier molecular flexibility index (Phi) is 9.18. The van der Waals surface area contributed by atoms with Crippen LogP contribution in [0.5, 0.6) is 0 Å². The molecule has 0 saturated carbocycles. The second-order valence-corrected chi connectivity index (χ2v) is 8.41. The van der Waals surface area contributed by atoms with E-state index in [4.69, 9.17) is 28.8 Å². The summed E-state index contributed by atoms with van der Waals surface area (Å²) < 4.78 is 26.4. The average Bonchev–Trinajstić information content (AvgIpc) is 3.26. The first kappa shape index (κ1) is 27.9. The number of aliphatic hydroxyl groups excluding tert-OH is 11. The number of rotatable bonds is 9. The molecule has 3 heterocycles. The molecule has 3 aliphatic heterocycles. The summed E-state index contributed by atoms with van der Waals surface area (Å²) in [6.45, 7) is -3.17. The van der Waals surface area contributed by atoms with Crippen molar-refractivity contribution in [3.05, 3.63) is 0 Å². The van der Waals surface area contributed by atoms with Gasteiger partial charge in [-0.1, -0.05) is 0 Å². The predicted molar refractivity (Wildman–Crippen MR) is 101 cm³/mol. The lowest BCUT2D eigenvalue weighted by Crippen LogP contribution is -2.63. The van der Waals surface area contributed by atoms with E-state index >= 15 is 0 Å². The Labute approximate surface area is 192 Å². The van der Waals surface area contributed by atoms with Gasteiger partial charge in [-0.05, 0) is 0 Å². The van der Waals surface area contributed by atoms with Crippen LogP contribution in [-0.2, 0) is 23.7 Å². The molecule has 0 aromatic carbocycles. The third kappa shape index (κ3) is 5.09. The molecule has 0 radical (unpaired) electrons. The van der Waals surface area contributed by atoms with Crippen LogP contribution in [0.15, 0.2) is 0 Å². The van der Waals surface area contributed by atoms with Crippen molar-refractivity contribution < 1.29 is 79.9 Å². The fourth-order valence-electron chi connectivity index (χ4n) is 4.04. The highest BCUT2D eigenvalue weighted by atomic mass is 16.8. The van der Waals surface area contributed by atoms with Crippen LogP contribution in [0.4, 0.5) is 0 Å². The zero-order valence-electron chi connectivity index (χ0n) is 17.8. The van der Waals surface area contributed by atoms with Crippen molar-refractivity contribution in [1.82, 2.24) is 0 Å². The molecule has 0 aliphatic carbocycles. The summed E-state index contributed by atoms with van der Waals surface area (Å²) in [6, 6.07) is 0. The first-order valence-electron chi connectivity index (χ1n) is 10.6. The minimum Gasteiger partial charge on any atom is -0.394 e. The van der Waals surface area contributed by atoms with Gasteiger partial charge in [0.2, 0.25) is 5.79 Å². The molecule has 34 heavy (non-hydrogen) atoms. The van der Waals surface area contributed by atoms with Crippen LogP contribution in [0.2, 0.25) is 0 Å². The number of hydrogen-bond donors (Lipinski definition) is 11. The molecule has 16 heteroatoms. The van der Waals surface area contributed by atoms with E-state index < -0.39 is 112 Å². The van der Waals surface area contributed by atoms with Gasteiger partial charge in [-0.15, -0.1) is 0 Å². The first-order chi connectivity index (χ1) is 16.0. The summed E-state index contributed by atoms with van der Waals surface area (Å²) in [5.74, 6) is -2.35. The van der Waals surface area contributed by atoms with Gasteiger partial charge in [0, 0.05) is 0 Å². The molecule has 3 rings (SSSR count). The van der Waals surface area contributed by atoms with Crippen molar-refractivity contribution in [1.29, 1.82) is 0 Å². The average molecular weight is 504 g/mol. The molecule has 0 aromatic heterocycles. The Balaban J connectivity index is 1.67. The maximum atomic E-state index is 10.3. The summed E-state index contributed by atoms with van der Waals surface area (Å²) in [4.78, 5) is 0. The highest BCUT2D eigenvalue weighted by Crippen LogP contribution is 2.36. The largest absolute Gasteiger partial charge is 0.394 e. The second kappa shape index (κ2) is 11.2. The third-order valence-corrected chi connectivity index (χ3v) is 6.14.